The summed E-state index contributed by atoms with van der Waals surface area (Å²) in [6, 6.07) is 9.07. The molecule has 2 unspecified atom stereocenters. The molecule has 2 heteroatoms. The fourth-order valence-corrected chi connectivity index (χ4v) is 2.71. The summed E-state index contributed by atoms with van der Waals surface area (Å²) in [7, 11) is 1.83. The number of benzene rings is 1. The van der Waals surface area contributed by atoms with E-state index in [1.165, 1.54) is 36.9 Å². The molecule has 2 nitrogen and oxygen atoms in total. The van der Waals surface area contributed by atoms with Gasteiger partial charge in [-0.2, -0.15) is 0 Å². The number of hydrogen-bond donors (Lipinski definition) is 1. The number of hydrogen-bond acceptors (Lipinski definition) is 2. The third-order valence-corrected chi connectivity index (χ3v) is 3.74. The highest BCUT2D eigenvalue weighted by Gasteiger charge is 2.24. The topological polar surface area (TPSA) is 21.3 Å². The van der Waals surface area contributed by atoms with Gasteiger partial charge in [0.05, 0.1) is 12.1 Å². The van der Waals surface area contributed by atoms with Crippen LogP contribution in [0.1, 0.15) is 38.2 Å². The van der Waals surface area contributed by atoms with Gasteiger partial charge in [-0.25, -0.2) is 0 Å². The van der Waals surface area contributed by atoms with E-state index in [1.54, 1.807) is 0 Å². The predicted molar refractivity (Wildman–Crippen MR) is 72.5 cm³/mol. The number of methoxy groups -OCH3 is 1. The Kier molecular flexibility index (Phi) is 4.43. The van der Waals surface area contributed by atoms with Gasteiger partial charge in [-0.1, -0.05) is 38.0 Å². The van der Waals surface area contributed by atoms with Gasteiger partial charge in [0.2, 0.25) is 0 Å². The van der Waals surface area contributed by atoms with E-state index >= 15 is 0 Å². The summed E-state index contributed by atoms with van der Waals surface area (Å²) in [6.07, 6.45) is 6.46. The van der Waals surface area contributed by atoms with Crippen LogP contribution >= 0.6 is 0 Å². The van der Waals surface area contributed by atoms with Gasteiger partial charge in [0.1, 0.15) is 0 Å². The molecular formula is C15H23NO. The molecule has 1 aliphatic rings. The standard InChI is InChI=1S/C15H23NO/c1-3-12-8-4-5-9-13(12)16-14-10-6-7-11-15(14)17-2/h4-5,8-9,14-16H,3,6-7,10-11H2,1-2H3. The zero-order valence-electron chi connectivity index (χ0n) is 10.9. The molecule has 1 fully saturated rings. The molecule has 1 saturated carbocycles. The molecule has 17 heavy (non-hydrogen) atoms. The fourth-order valence-electron chi connectivity index (χ4n) is 2.71. The van der Waals surface area contributed by atoms with Gasteiger partial charge in [-0.3, -0.25) is 0 Å². The van der Waals surface area contributed by atoms with Crippen molar-refractivity contribution in [3.8, 4) is 0 Å². The minimum absolute atomic E-state index is 0.369. The number of ether oxygens (including phenoxy) is 1. The molecule has 2 atom stereocenters. The number of anilines is 1. The second-order valence-corrected chi connectivity index (χ2v) is 4.82. The molecule has 1 aliphatic carbocycles. The molecule has 0 heterocycles. The van der Waals surface area contributed by atoms with E-state index < -0.39 is 0 Å². The van der Waals surface area contributed by atoms with Crippen LogP contribution in [0.4, 0.5) is 5.69 Å². The summed E-state index contributed by atoms with van der Waals surface area (Å²) >= 11 is 0. The molecule has 94 valence electrons. The Bertz CT molecular complexity index is 351. The summed E-state index contributed by atoms with van der Waals surface area (Å²) in [5.41, 5.74) is 2.68. The Hall–Kier alpha value is -1.02. The molecular weight excluding hydrogens is 210 g/mol. The van der Waals surface area contributed by atoms with E-state index in [9.17, 15) is 0 Å². The maximum atomic E-state index is 5.59. The van der Waals surface area contributed by atoms with Gasteiger partial charge in [0, 0.05) is 12.8 Å². The molecule has 0 aliphatic heterocycles. The van der Waals surface area contributed by atoms with Crippen LogP contribution in [0, 0.1) is 0 Å². The van der Waals surface area contributed by atoms with Crippen molar-refractivity contribution in [1.29, 1.82) is 0 Å². The minimum atomic E-state index is 0.369. The Morgan fingerprint density at radius 3 is 2.76 bits per heavy atom. The van der Waals surface area contributed by atoms with E-state index in [2.05, 4.69) is 36.5 Å². The number of rotatable bonds is 4. The maximum Gasteiger partial charge on any atom is 0.0772 e. The largest absolute Gasteiger partial charge is 0.379 e. The lowest BCUT2D eigenvalue weighted by Crippen LogP contribution is -2.38. The second kappa shape index (κ2) is 6.06. The van der Waals surface area contributed by atoms with Gasteiger partial charge >= 0.3 is 0 Å². The molecule has 0 radical (unpaired) electrons. The molecule has 0 bridgehead atoms. The lowest BCUT2D eigenvalue weighted by Gasteiger charge is -2.32. The van der Waals surface area contributed by atoms with Gasteiger partial charge in [0.15, 0.2) is 0 Å². The lowest BCUT2D eigenvalue weighted by molar-refractivity contribution is 0.0606. The van der Waals surface area contributed by atoms with Crippen molar-refractivity contribution < 1.29 is 4.74 Å². The minimum Gasteiger partial charge on any atom is -0.379 e. The van der Waals surface area contributed by atoms with Crippen LogP contribution in [0.2, 0.25) is 0 Å². The number of aryl methyl sites for hydroxylation is 1. The average Bonchev–Trinajstić information content (AvgIpc) is 2.40. The summed E-state index contributed by atoms with van der Waals surface area (Å²) < 4.78 is 5.59. The van der Waals surface area contributed by atoms with Crippen LogP contribution in [-0.2, 0) is 11.2 Å². The summed E-state index contributed by atoms with van der Waals surface area (Å²) in [5.74, 6) is 0. The van der Waals surface area contributed by atoms with E-state index in [0.29, 0.717) is 12.1 Å². The van der Waals surface area contributed by atoms with Crippen molar-refractivity contribution in [2.75, 3.05) is 12.4 Å². The molecule has 0 spiro atoms. The highest BCUT2D eigenvalue weighted by atomic mass is 16.5. The second-order valence-electron chi connectivity index (χ2n) is 4.82. The van der Waals surface area contributed by atoms with Gasteiger partial charge in [0.25, 0.3) is 0 Å². The van der Waals surface area contributed by atoms with E-state index in [1.807, 2.05) is 7.11 Å². The molecule has 1 N–H and O–H groups in total. The van der Waals surface area contributed by atoms with Gasteiger partial charge in [-0.15, -0.1) is 0 Å². The third kappa shape index (κ3) is 3.01. The first-order valence-corrected chi connectivity index (χ1v) is 6.72. The zero-order chi connectivity index (χ0) is 12.1. The Morgan fingerprint density at radius 1 is 1.24 bits per heavy atom. The first kappa shape index (κ1) is 12.4. The van der Waals surface area contributed by atoms with E-state index in [0.717, 1.165) is 6.42 Å². The number of para-hydroxylation sites is 1. The van der Waals surface area contributed by atoms with Crippen molar-refractivity contribution in [1.82, 2.24) is 0 Å². The smallest absolute Gasteiger partial charge is 0.0772 e. The Balaban J connectivity index is 2.08. The van der Waals surface area contributed by atoms with Gasteiger partial charge in [-0.05, 0) is 30.9 Å². The SMILES string of the molecule is CCc1ccccc1NC1CCCCC1OC. The van der Waals surface area contributed by atoms with Crippen molar-refractivity contribution in [2.24, 2.45) is 0 Å². The summed E-state index contributed by atoms with van der Waals surface area (Å²) in [5, 5.41) is 3.68. The normalized spacial score (nSPS) is 24.6. The van der Waals surface area contributed by atoms with Crippen LogP contribution in [0.15, 0.2) is 24.3 Å². The summed E-state index contributed by atoms with van der Waals surface area (Å²) in [6.45, 7) is 2.20. The highest BCUT2D eigenvalue weighted by Crippen LogP contribution is 2.25. The van der Waals surface area contributed by atoms with Crippen molar-refractivity contribution in [3.63, 3.8) is 0 Å². The Labute approximate surface area is 104 Å². The van der Waals surface area contributed by atoms with Crippen LogP contribution in [0.5, 0.6) is 0 Å². The molecule has 1 aromatic carbocycles. The fraction of sp³-hybridized carbons (Fsp3) is 0.600. The van der Waals surface area contributed by atoms with Crippen LogP contribution < -0.4 is 5.32 Å². The first-order valence-electron chi connectivity index (χ1n) is 6.72. The monoisotopic (exact) mass is 233 g/mol. The van der Waals surface area contributed by atoms with Crippen molar-refractivity contribution in [2.45, 2.75) is 51.2 Å². The predicted octanol–water partition coefficient (Wildman–Crippen LogP) is 3.62. The number of nitrogens with one attached hydrogen (secondary N) is 1. The van der Waals surface area contributed by atoms with E-state index in [-0.39, 0.29) is 0 Å². The van der Waals surface area contributed by atoms with Crippen molar-refractivity contribution in [3.05, 3.63) is 29.8 Å². The lowest BCUT2D eigenvalue weighted by atomic mass is 9.92. The molecule has 0 amide bonds. The van der Waals surface area contributed by atoms with E-state index in [4.69, 9.17) is 4.74 Å². The van der Waals surface area contributed by atoms with Crippen molar-refractivity contribution >= 4 is 5.69 Å². The van der Waals surface area contributed by atoms with Crippen LogP contribution in [0.3, 0.4) is 0 Å². The van der Waals surface area contributed by atoms with Crippen LogP contribution in [-0.4, -0.2) is 19.3 Å². The zero-order valence-corrected chi connectivity index (χ0v) is 10.9. The summed E-state index contributed by atoms with van der Waals surface area (Å²) in [4.78, 5) is 0. The van der Waals surface area contributed by atoms with Crippen LogP contribution in [0.25, 0.3) is 0 Å². The molecule has 0 aromatic heterocycles. The molecule has 1 aromatic rings. The highest BCUT2D eigenvalue weighted by molar-refractivity contribution is 5.52. The quantitative estimate of drug-likeness (QED) is 0.857. The Morgan fingerprint density at radius 2 is 2.00 bits per heavy atom. The first-order chi connectivity index (χ1) is 8.35. The third-order valence-electron chi connectivity index (χ3n) is 3.74. The molecule has 0 saturated heterocycles. The average molecular weight is 233 g/mol. The maximum absolute atomic E-state index is 5.59. The van der Waals surface area contributed by atoms with Gasteiger partial charge < -0.3 is 10.1 Å². The molecule has 2 rings (SSSR count).